The van der Waals surface area contributed by atoms with Gasteiger partial charge >= 0.3 is 0 Å². The summed E-state index contributed by atoms with van der Waals surface area (Å²) in [5, 5.41) is 12.9. The molecule has 2 N–H and O–H groups in total. The van der Waals surface area contributed by atoms with Crippen molar-refractivity contribution in [2.24, 2.45) is 0 Å². The third-order valence-electron chi connectivity index (χ3n) is 3.93. The molecule has 1 atom stereocenters. The lowest BCUT2D eigenvalue weighted by atomic mass is 10.0. The fourth-order valence-corrected chi connectivity index (χ4v) is 4.25. The Morgan fingerprint density at radius 3 is 2.86 bits per heavy atom. The molecule has 0 saturated heterocycles. The number of nitrogens with one attached hydrogen (secondary N) is 2. The normalized spacial score (nSPS) is 16.6. The largest absolute Gasteiger partial charge is 0.326 e. The highest BCUT2D eigenvalue weighted by atomic mass is 32.1. The molecule has 0 bridgehead atoms. The Kier molecular flexibility index (Phi) is 4.23. The highest BCUT2D eigenvalue weighted by molar-refractivity contribution is 7.16. The monoisotopic (exact) mass is 312 g/mol. The second-order valence-electron chi connectivity index (χ2n) is 5.59. The van der Waals surface area contributed by atoms with Gasteiger partial charge in [-0.05, 0) is 5.56 Å². The van der Waals surface area contributed by atoms with Crippen LogP contribution < -0.4 is 10.2 Å². The third kappa shape index (κ3) is 3.03. The van der Waals surface area contributed by atoms with E-state index < -0.39 is 0 Å². The first-order valence-electron chi connectivity index (χ1n) is 7.37. The van der Waals surface area contributed by atoms with Crippen LogP contribution in [0.4, 0.5) is 5.00 Å². The number of carbonyl (C=O) groups is 1. The van der Waals surface area contributed by atoms with Gasteiger partial charge in [-0.15, -0.1) is 11.3 Å². The topological polar surface area (TPSA) is 57.3 Å². The summed E-state index contributed by atoms with van der Waals surface area (Å²) in [6.07, 6.45) is 0.899. The van der Waals surface area contributed by atoms with Gasteiger partial charge in [-0.25, -0.2) is 0 Å². The van der Waals surface area contributed by atoms with Crippen molar-refractivity contribution in [1.82, 2.24) is 0 Å². The minimum atomic E-state index is -0.122. The molecular formula is C17H18N3OS+. The van der Waals surface area contributed by atoms with E-state index in [0.29, 0.717) is 10.6 Å². The van der Waals surface area contributed by atoms with Crippen molar-refractivity contribution in [2.75, 3.05) is 11.9 Å². The molecule has 1 aromatic carbocycles. The van der Waals surface area contributed by atoms with E-state index in [1.54, 1.807) is 11.3 Å². The van der Waals surface area contributed by atoms with Crippen LogP contribution in [0.2, 0.25) is 0 Å². The van der Waals surface area contributed by atoms with Gasteiger partial charge in [0, 0.05) is 18.9 Å². The van der Waals surface area contributed by atoms with Crippen molar-refractivity contribution in [2.45, 2.75) is 26.4 Å². The van der Waals surface area contributed by atoms with Crippen molar-refractivity contribution in [3.63, 3.8) is 0 Å². The van der Waals surface area contributed by atoms with Crippen molar-refractivity contribution in [1.29, 1.82) is 5.26 Å². The summed E-state index contributed by atoms with van der Waals surface area (Å²) in [6.45, 7) is 4.42. The molecule has 1 aliphatic heterocycles. The van der Waals surface area contributed by atoms with Crippen molar-refractivity contribution >= 4 is 22.2 Å². The molecule has 1 amide bonds. The zero-order valence-electron chi connectivity index (χ0n) is 12.5. The molecule has 0 aliphatic carbocycles. The maximum Gasteiger partial charge on any atom is 0.221 e. The van der Waals surface area contributed by atoms with Gasteiger partial charge in [0.2, 0.25) is 5.91 Å². The molecule has 0 fully saturated rings. The predicted octanol–water partition coefficient (Wildman–Crippen LogP) is 1.72. The summed E-state index contributed by atoms with van der Waals surface area (Å²) in [5.41, 5.74) is 3.13. The van der Waals surface area contributed by atoms with Crippen LogP contribution in [0.25, 0.3) is 0 Å². The SMILES string of the molecule is CC(=O)Nc1sc2c(c1C#N)CC[NH+](Cc1ccccc1)C2. The Morgan fingerprint density at radius 2 is 2.18 bits per heavy atom. The lowest BCUT2D eigenvalue weighted by Gasteiger charge is -2.23. The molecule has 0 saturated carbocycles. The van der Waals surface area contributed by atoms with Crippen molar-refractivity contribution in [3.05, 3.63) is 51.9 Å². The van der Waals surface area contributed by atoms with E-state index in [1.165, 1.54) is 22.3 Å². The number of anilines is 1. The molecule has 22 heavy (non-hydrogen) atoms. The molecule has 2 aromatic rings. The predicted molar refractivity (Wildman–Crippen MR) is 86.7 cm³/mol. The Balaban J connectivity index is 1.80. The van der Waals surface area contributed by atoms with Gasteiger partial charge in [0.25, 0.3) is 0 Å². The molecule has 0 spiro atoms. The van der Waals surface area contributed by atoms with E-state index in [2.05, 4.69) is 35.7 Å². The molecule has 4 nitrogen and oxygen atoms in total. The Morgan fingerprint density at radius 1 is 1.41 bits per heavy atom. The number of hydrogen-bond acceptors (Lipinski definition) is 3. The van der Waals surface area contributed by atoms with Gasteiger partial charge in [0.15, 0.2) is 0 Å². The lowest BCUT2D eigenvalue weighted by Crippen LogP contribution is -3.10. The number of hydrogen-bond donors (Lipinski definition) is 2. The van der Waals surface area contributed by atoms with E-state index in [-0.39, 0.29) is 5.91 Å². The van der Waals surface area contributed by atoms with Gasteiger partial charge in [0.1, 0.15) is 24.2 Å². The fourth-order valence-electron chi connectivity index (χ4n) is 2.94. The van der Waals surface area contributed by atoms with Gasteiger partial charge in [0.05, 0.1) is 17.0 Å². The number of thiophene rings is 1. The average molecular weight is 312 g/mol. The van der Waals surface area contributed by atoms with Gasteiger partial charge < -0.3 is 10.2 Å². The first-order chi connectivity index (χ1) is 10.7. The number of benzene rings is 1. The summed E-state index contributed by atoms with van der Waals surface area (Å²) < 4.78 is 0. The molecule has 2 heterocycles. The first kappa shape index (κ1) is 14.8. The Labute approximate surface area is 134 Å². The minimum absolute atomic E-state index is 0.122. The van der Waals surface area contributed by atoms with Crippen LogP contribution in [0.5, 0.6) is 0 Å². The second kappa shape index (κ2) is 6.30. The van der Waals surface area contributed by atoms with Crippen LogP contribution in [0, 0.1) is 11.3 Å². The molecule has 5 heteroatoms. The maximum atomic E-state index is 11.3. The average Bonchev–Trinajstić information content (AvgIpc) is 2.83. The van der Waals surface area contributed by atoms with Crippen LogP contribution >= 0.6 is 11.3 Å². The number of quaternary nitrogens is 1. The van der Waals surface area contributed by atoms with Crippen LogP contribution in [0.3, 0.4) is 0 Å². The number of fused-ring (bicyclic) bond motifs is 1. The summed E-state index contributed by atoms with van der Waals surface area (Å²) in [5.74, 6) is -0.122. The third-order valence-corrected chi connectivity index (χ3v) is 5.08. The molecule has 112 valence electrons. The Hall–Kier alpha value is -2.16. The molecule has 0 radical (unpaired) electrons. The zero-order chi connectivity index (χ0) is 15.5. The summed E-state index contributed by atoms with van der Waals surface area (Å²) in [4.78, 5) is 14.0. The van der Waals surface area contributed by atoms with Crippen molar-refractivity contribution in [3.8, 4) is 6.07 Å². The number of nitrogens with zero attached hydrogens (tertiary/aromatic N) is 1. The first-order valence-corrected chi connectivity index (χ1v) is 8.18. The molecular weight excluding hydrogens is 294 g/mol. The Bertz CT molecular complexity index is 730. The summed E-state index contributed by atoms with van der Waals surface area (Å²) in [7, 11) is 0. The number of rotatable bonds is 3. The van der Waals surface area contributed by atoms with E-state index in [9.17, 15) is 10.1 Å². The van der Waals surface area contributed by atoms with Gasteiger partial charge in [-0.2, -0.15) is 5.26 Å². The molecule has 3 rings (SSSR count). The van der Waals surface area contributed by atoms with Crippen LogP contribution in [0.1, 0.15) is 28.5 Å². The minimum Gasteiger partial charge on any atom is -0.326 e. The number of amides is 1. The van der Waals surface area contributed by atoms with Gasteiger partial charge in [-0.3, -0.25) is 4.79 Å². The highest BCUT2D eigenvalue weighted by Crippen LogP contribution is 2.34. The van der Waals surface area contributed by atoms with E-state index in [0.717, 1.165) is 31.6 Å². The fraction of sp³-hybridized carbons (Fsp3) is 0.294. The van der Waals surface area contributed by atoms with E-state index in [1.807, 2.05) is 6.07 Å². The van der Waals surface area contributed by atoms with Crippen LogP contribution in [-0.2, 0) is 24.3 Å². The zero-order valence-corrected chi connectivity index (χ0v) is 13.3. The van der Waals surface area contributed by atoms with Gasteiger partial charge in [-0.1, -0.05) is 30.3 Å². The smallest absolute Gasteiger partial charge is 0.221 e. The standard InChI is InChI=1S/C17H17N3OS/c1-12(21)19-17-15(9-18)14-7-8-20(11-16(14)22-17)10-13-5-3-2-4-6-13/h2-6H,7-8,10-11H2,1H3,(H,19,21)/p+1. The van der Waals surface area contributed by atoms with Crippen LogP contribution in [0.15, 0.2) is 30.3 Å². The number of carbonyl (C=O) groups excluding carboxylic acids is 1. The molecule has 1 aliphatic rings. The van der Waals surface area contributed by atoms with Crippen molar-refractivity contribution < 1.29 is 9.69 Å². The second-order valence-corrected chi connectivity index (χ2v) is 6.70. The lowest BCUT2D eigenvalue weighted by molar-refractivity contribution is -0.929. The van der Waals surface area contributed by atoms with E-state index >= 15 is 0 Å². The summed E-state index contributed by atoms with van der Waals surface area (Å²) in [6, 6.07) is 12.7. The molecule has 1 unspecified atom stereocenters. The quantitative estimate of drug-likeness (QED) is 0.907. The molecule has 1 aromatic heterocycles. The summed E-state index contributed by atoms with van der Waals surface area (Å²) >= 11 is 1.55. The highest BCUT2D eigenvalue weighted by Gasteiger charge is 2.27. The van der Waals surface area contributed by atoms with E-state index in [4.69, 9.17) is 0 Å². The number of nitriles is 1. The van der Waals surface area contributed by atoms with Crippen LogP contribution in [-0.4, -0.2) is 12.5 Å². The maximum absolute atomic E-state index is 11.3.